The number of anilines is 1. The molecule has 0 saturated heterocycles. The molecule has 0 spiro atoms. The Morgan fingerprint density at radius 1 is 1.17 bits per heavy atom. The van der Waals surface area contributed by atoms with Crippen LogP contribution in [0.1, 0.15) is 50.5 Å². The van der Waals surface area contributed by atoms with Crippen LogP contribution >= 0.6 is 0 Å². The molecule has 0 amide bonds. The maximum atomic E-state index is 8.93. The Kier molecular flexibility index (Phi) is 4.25. The Balaban J connectivity index is 2.07. The molecule has 18 heavy (non-hydrogen) atoms. The maximum Gasteiger partial charge on any atom is 0.113 e. The zero-order valence-electron chi connectivity index (χ0n) is 11.4. The molecule has 0 aliphatic heterocycles. The van der Waals surface area contributed by atoms with E-state index >= 15 is 0 Å². The van der Waals surface area contributed by atoms with Gasteiger partial charge in [-0.25, -0.2) is 0 Å². The van der Waals surface area contributed by atoms with Crippen LogP contribution in [0.4, 0.5) is 5.69 Å². The predicted octanol–water partition coefficient (Wildman–Crippen LogP) is 4.08. The summed E-state index contributed by atoms with van der Waals surface area (Å²) in [6.45, 7) is 1.93. The quantitative estimate of drug-likeness (QED) is 0.798. The summed E-state index contributed by atoms with van der Waals surface area (Å²) in [5, 5.41) is 8.93. The van der Waals surface area contributed by atoms with Crippen LogP contribution in [0.3, 0.4) is 0 Å². The van der Waals surface area contributed by atoms with Crippen molar-refractivity contribution < 1.29 is 0 Å². The molecular formula is C16H22N2. The zero-order chi connectivity index (χ0) is 13.0. The first kappa shape index (κ1) is 13.0. The van der Waals surface area contributed by atoms with Crippen molar-refractivity contribution in [2.24, 2.45) is 0 Å². The third kappa shape index (κ3) is 2.85. The summed E-state index contributed by atoms with van der Waals surface area (Å²) in [6, 6.07) is 11.0. The van der Waals surface area contributed by atoms with Gasteiger partial charge in [0.2, 0.25) is 0 Å². The molecule has 96 valence electrons. The lowest BCUT2D eigenvalue weighted by Gasteiger charge is -2.24. The van der Waals surface area contributed by atoms with Crippen LogP contribution in [0.25, 0.3) is 0 Å². The predicted molar refractivity (Wildman–Crippen MR) is 75.7 cm³/mol. The van der Waals surface area contributed by atoms with E-state index in [1.54, 1.807) is 0 Å². The number of benzene rings is 1. The van der Waals surface area contributed by atoms with E-state index in [-0.39, 0.29) is 6.04 Å². The van der Waals surface area contributed by atoms with Crippen molar-refractivity contribution >= 4 is 5.69 Å². The van der Waals surface area contributed by atoms with Gasteiger partial charge in [0.1, 0.15) is 6.04 Å². The highest BCUT2D eigenvalue weighted by molar-refractivity contribution is 5.49. The second-order valence-electron chi connectivity index (χ2n) is 5.34. The molecule has 1 fully saturated rings. The molecule has 1 aromatic rings. The van der Waals surface area contributed by atoms with E-state index in [9.17, 15) is 0 Å². The number of hydrogen-bond acceptors (Lipinski definition) is 2. The number of nitriles is 1. The van der Waals surface area contributed by atoms with Crippen LogP contribution in [-0.4, -0.2) is 13.1 Å². The Labute approximate surface area is 110 Å². The largest absolute Gasteiger partial charge is 0.359 e. The van der Waals surface area contributed by atoms with Crippen molar-refractivity contribution in [2.45, 2.75) is 51.0 Å². The van der Waals surface area contributed by atoms with Crippen LogP contribution in [0.15, 0.2) is 24.3 Å². The molecule has 2 rings (SSSR count). The molecule has 0 aromatic heterocycles. The molecule has 2 heteroatoms. The van der Waals surface area contributed by atoms with Crippen molar-refractivity contribution in [1.29, 1.82) is 5.26 Å². The van der Waals surface area contributed by atoms with E-state index in [0.717, 1.165) is 11.6 Å². The molecule has 1 atom stereocenters. The molecule has 2 nitrogen and oxygen atoms in total. The van der Waals surface area contributed by atoms with Crippen molar-refractivity contribution in [3.8, 4) is 6.07 Å². The van der Waals surface area contributed by atoms with E-state index in [1.165, 1.54) is 37.7 Å². The molecule has 1 aliphatic rings. The Morgan fingerprint density at radius 2 is 1.78 bits per heavy atom. The minimum absolute atomic E-state index is 0.0782. The first-order valence-electron chi connectivity index (χ1n) is 6.95. The highest BCUT2D eigenvalue weighted by Crippen LogP contribution is 2.33. The van der Waals surface area contributed by atoms with Crippen LogP contribution in [0.5, 0.6) is 0 Å². The lowest BCUT2D eigenvalue weighted by Crippen LogP contribution is -2.27. The van der Waals surface area contributed by atoms with Gasteiger partial charge in [-0.15, -0.1) is 0 Å². The second-order valence-corrected chi connectivity index (χ2v) is 5.34. The minimum atomic E-state index is -0.0782. The van der Waals surface area contributed by atoms with Gasteiger partial charge in [0.05, 0.1) is 6.07 Å². The summed E-state index contributed by atoms with van der Waals surface area (Å²) in [6.07, 6.45) is 6.82. The van der Waals surface area contributed by atoms with Crippen molar-refractivity contribution in [3.05, 3.63) is 29.8 Å². The minimum Gasteiger partial charge on any atom is -0.359 e. The SMILES string of the molecule is CC(C#N)N(C)c1ccc(C2CCCCC2)cc1. The van der Waals surface area contributed by atoms with Crippen LogP contribution in [0, 0.1) is 11.3 Å². The van der Waals surface area contributed by atoms with Gasteiger partial charge >= 0.3 is 0 Å². The fourth-order valence-corrected chi connectivity index (χ4v) is 2.73. The van der Waals surface area contributed by atoms with Crippen molar-refractivity contribution in [3.63, 3.8) is 0 Å². The van der Waals surface area contributed by atoms with E-state index in [2.05, 4.69) is 30.3 Å². The van der Waals surface area contributed by atoms with Gasteiger partial charge in [0.25, 0.3) is 0 Å². The topological polar surface area (TPSA) is 27.0 Å². The summed E-state index contributed by atoms with van der Waals surface area (Å²) in [5.74, 6) is 0.756. The summed E-state index contributed by atoms with van der Waals surface area (Å²) < 4.78 is 0. The first-order chi connectivity index (χ1) is 8.72. The molecule has 0 radical (unpaired) electrons. The molecule has 1 aliphatic carbocycles. The summed E-state index contributed by atoms with van der Waals surface area (Å²) in [7, 11) is 1.98. The Bertz CT molecular complexity index is 410. The van der Waals surface area contributed by atoms with Gasteiger partial charge < -0.3 is 4.90 Å². The smallest absolute Gasteiger partial charge is 0.113 e. The Morgan fingerprint density at radius 3 is 2.33 bits per heavy atom. The third-order valence-corrected chi connectivity index (χ3v) is 4.14. The molecular weight excluding hydrogens is 220 g/mol. The molecule has 0 bridgehead atoms. The third-order valence-electron chi connectivity index (χ3n) is 4.14. The molecule has 0 heterocycles. The maximum absolute atomic E-state index is 8.93. The van der Waals surface area contributed by atoms with Gasteiger partial charge in [-0.2, -0.15) is 5.26 Å². The standard InChI is InChI=1S/C16H22N2/c1-13(12-17)18(2)16-10-8-15(9-11-16)14-6-4-3-5-7-14/h8-11,13-14H,3-7H2,1-2H3. The van der Waals surface area contributed by atoms with E-state index in [4.69, 9.17) is 5.26 Å². The van der Waals surface area contributed by atoms with Crippen LogP contribution in [0.2, 0.25) is 0 Å². The van der Waals surface area contributed by atoms with Crippen molar-refractivity contribution in [2.75, 3.05) is 11.9 Å². The normalized spacial score (nSPS) is 18.1. The van der Waals surface area contributed by atoms with E-state index < -0.39 is 0 Å². The monoisotopic (exact) mass is 242 g/mol. The second kappa shape index (κ2) is 5.91. The molecule has 1 saturated carbocycles. The highest BCUT2D eigenvalue weighted by Gasteiger charge is 2.16. The number of nitrogens with zero attached hydrogens (tertiary/aromatic N) is 2. The van der Waals surface area contributed by atoms with Gasteiger partial charge in [-0.05, 0) is 43.4 Å². The highest BCUT2D eigenvalue weighted by atomic mass is 15.1. The Hall–Kier alpha value is -1.49. The van der Waals surface area contributed by atoms with Gasteiger partial charge in [0.15, 0.2) is 0 Å². The lowest BCUT2D eigenvalue weighted by molar-refractivity contribution is 0.443. The van der Waals surface area contributed by atoms with Gasteiger partial charge in [-0.1, -0.05) is 31.4 Å². The van der Waals surface area contributed by atoms with E-state index in [1.807, 2.05) is 18.9 Å². The fourth-order valence-electron chi connectivity index (χ4n) is 2.73. The number of rotatable bonds is 3. The summed E-state index contributed by atoms with van der Waals surface area (Å²) in [4.78, 5) is 2.02. The molecule has 1 unspecified atom stereocenters. The van der Waals surface area contributed by atoms with Gasteiger partial charge in [-0.3, -0.25) is 0 Å². The number of hydrogen-bond donors (Lipinski definition) is 0. The summed E-state index contributed by atoms with van der Waals surface area (Å²) in [5.41, 5.74) is 2.60. The van der Waals surface area contributed by atoms with E-state index in [0.29, 0.717) is 0 Å². The summed E-state index contributed by atoms with van der Waals surface area (Å²) >= 11 is 0. The van der Waals surface area contributed by atoms with Crippen molar-refractivity contribution in [1.82, 2.24) is 0 Å². The molecule has 1 aromatic carbocycles. The average molecular weight is 242 g/mol. The van der Waals surface area contributed by atoms with Crippen LogP contribution in [-0.2, 0) is 0 Å². The molecule has 0 N–H and O–H groups in total. The van der Waals surface area contributed by atoms with Crippen LogP contribution < -0.4 is 4.90 Å². The zero-order valence-corrected chi connectivity index (χ0v) is 11.4. The average Bonchev–Trinajstić information content (AvgIpc) is 2.47. The lowest BCUT2D eigenvalue weighted by atomic mass is 9.84. The fraction of sp³-hybridized carbons (Fsp3) is 0.562. The van der Waals surface area contributed by atoms with Gasteiger partial charge in [0, 0.05) is 12.7 Å². The first-order valence-corrected chi connectivity index (χ1v) is 6.95.